The average molecular weight is 498 g/mol. The predicted octanol–water partition coefficient (Wildman–Crippen LogP) is 2.15. The van der Waals surface area contributed by atoms with Crippen LogP contribution in [-0.2, 0) is 27.9 Å². The first-order valence-corrected chi connectivity index (χ1v) is 12.7. The van der Waals surface area contributed by atoms with Gasteiger partial charge in [-0.05, 0) is 64.8 Å². The van der Waals surface area contributed by atoms with E-state index in [1.54, 1.807) is 16.5 Å². The van der Waals surface area contributed by atoms with Crippen LogP contribution in [0.3, 0.4) is 0 Å². The average Bonchev–Trinajstić information content (AvgIpc) is 3.03. The lowest BCUT2D eigenvalue weighted by atomic mass is 9.72. The van der Waals surface area contributed by atoms with Crippen LogP contribution in [0.5, 0.6) is 0 Å². The van der Waals surface area contributed by atoms with Gasteiger partial charge in [0.2, 0.25) is 11.8 Å². The molecule has 194 valence electrons. The Bertz CT molecular complexity index is 1270. The number of nitrogens with one attached hydrogen (secondary N) is 1. The number of hydrogen-bond donors (Lipinski definition) is 1. The van der Waals surface area contributed by atoms with Crippen molar-refractivity contribution >= 4 is 28.9 Å². The highest BCUT2D eigenvalue weighted by Gasteiger charge is 2.47. The fourth-order valence-electron chi connectivity index (χ4n) is 5.84. The quantitative estimate of drug-likeness (QED) is 0.652. The lowest BCUT2D eigenvalue weighted by Gasteiger charge is -2.53. The topological polar surface area (TPSA) is 106 Å². The third-order valence-electron chi connectivity index (χ3n) is 7.72. The fourth-order valence-corrected chi connectivity index (χ4v) is 5.84. The minimum atomic E-state index is -0.685. The first-order chi connectivity index (χ1) is 17.0. The molecule has 3 fully saturated rings. The second-order valence-corrected chi connectivity index (χ2v) is 11.6. The molecule has 36 heavy (non-hydrogen) atoms. The summed E-state index contributed by atoms with van der Waals surface area (Å²) in [5.74, 6) is -0.720. The zero-order valence-corrected chi connectivity index (χ0v) is 21.5. The Hall–Kier alpha value is -3.14. The van der Waals surface area contributed by atoms with E-state index in [9.17, 15) is 19.2 Å². The molecule has 1 aromatic carbocycles. The molecule has 0 radical (unpaired) electrons. The van der Waals surface area contributed by atoms with Crippen molar-refractivity contribution in [3.05, 3.63) is 34.2 Å². The van der Waals surface area contributed by atoms with Crippen molar-refractivity contribution in [2.24, 2.45) is 12.5 Å². The van der Waals surface area contributed by atoms with Crippen molar-refractivity contribution < 1.29 is 19.1 Å². The van der Waals surface area contributed by atoms with Crippen molar-refractivity contribution in [3.63, 3.8) is 0 Å². The van der Waals surface area contributed by atoms with Gasteiger partial charge in [0.25, 0.3) is 0 Å². The molecule has 10 heteroatoms. The van der Waals surface area contributed by atoms with Gasteiger partial charge in [-0.3, -0.25) is 28.9 Å². The third-order valence-corrected chi connectivity index (χ3v) is 7.72. The molecule has 3 saturated heterocycles. The molecule has 1 N–H and O–H groups in total. The highest BCUT2D eigenvalue weighted by molar-refractivity contribution is 6.00. The van der Waals surface area contributed by atoms with Crippen LogP contribution in [-0.4, -0.2) is 68.6 Å². The fraction of sp³-hybridized carbons (Fsp3) is 0.615. The first-order valence-electron chi connectivity index (χ1n) is 12.7. The van der Waals surface area contributed by atoms with E-state index in [1.807, 2.05) is 39.0 Å². The number of rotatable bonds is 3. The van der Waals surface area contributed by atoms with Crippen molar-refractivity contribution in [2.45, 2.75) is 64.6 Å². The summed E-state index contributed by atoms with van der Waals surface area (Å²) in [5, 5.41) is 2.36. The lowest BCUT2D eigenvalue weighted by Crippen LogP contribution is -2.62. The molecule has 1 atom stereocenters. The summed E-state index contributed by atoms with van der Waals surface area (Å²) in [4.78, 5) is 53.8. The maximum atomic E-state index is 13.2. The standard InChI is InChI=1S/C26H35N5O5/c1-25(2,3)36-24(35)30-15-26(16-30)10-12-29(13-11-26)14-17-6-5-7-18-21(17)28(4)23(34)31(18)19-8-9-20(32)27-22(19)33/h5-7,19H,8-16H2,1-4H3,(H,27,32,33). The molecule has 0 aliphatic carbocycles. The number of imidazole rings is 1. The Morgan fingerprint density at radius 1 is 1.14 bits per heavy atom. The number of benzene rings is 1. The Balaban J connectivity index is 1.28. The molecule has 4 heterocycles. The highest BCUT2D eigenvalue weighted by atomic mass is 16.6. The van der Waals surface area contributed by atoms with Crippen LogP contribution in [0, 0.1) is 5.41 Å². The van der Waals surface area contributed by atoms with E-state index >= 15 is 0 Å². The summed E-state index contributed by atoms with van der Waals surface area (Å²) >= 11 is 0. The molecule has 3 aliphatic heterocycles. The SMILES string of the molecule is Cn1c(=O)n(C2CCC(=O)NC2=O)c2cccc(CN3CCC4(CC3)CN(C(=O)OC(C)(C)C)C4)c21. The number of piperidine rings is 2. The molecule has 0 saturated carbocycles. The predicted molar refractivity (Wildman–Crippen MR) is 133 cm³/mol. The van der Waals surface area contributed by atoms with Crippen LogP contribution >= 0.6 is 0 Å². The van der Waals surface area contributed by atoms with Gasteiger partial charge in [-0.15, -0.1) is 0 Å². The van der Waals surface area contributed by atoms with E-state index < -0.39 is 17.6 Å². The molecular weight excluding hydrogens is 462 g/mol. The lowest BCUT2D eigenvalue weighted by molar-refractivity contribution is -0.135. The van der Waals surface area contributed by atoms with Gasteiger partial charge in [0.1, 0.15) is 11.6 Å². The van der Waals surface area contributed by atoms with Crippen molar-refractivity contribution in [2.75, 3.05) is 26.2 Å². The van der Waals surface area contributed by atoms with Crippen molar-refractivity contribution in [1.29, 1.82) is 0 Å². The molecule has 5 rings (SSSR count). The van der Waals surface area contributed by atoms with Gasteiger partial charge in [-0.2, -0.15) is 0 Å². The molecule has 1 unspecified atom stereocenters. The molecule has 0 bridgehead atoms. The maximum Gasteiger partial charge on any atom is 0.410 e. The maximum absolute atomic E-state index is 13.2. The number of amides is 3. The summed E-state index contributed by atoms with van der Waals surface area (Å²) in [7, 11) is 1.74. The number of nitrogens with zero attached hydrogens (tertiary/aromatic N) is 4. The Morgan fingerprint density at radius 3 is 2.47 bits per heavy atom. The number of carbonyl (C=O) groups is 3. The van der Waals surface area contributed by atoms with Crippen LogP contribution in [0.25, 0.3) is 11.0 Å². The van der Waals surface area contributed by atoms with Crippen LogP contribution in [0.15, 0.2) is 23.0 Å². The number of fused-ring (bicyclic) bond motifs is 1. The van der Waals surface area contributed by atoms with Gasteiger partial charge >= 0.3 is 11.8 Å². The zero-order valence-electron chi connectivity index (χ0n) is 21.5. The zero-order chi connectivity index (χ0) is 25.8. The summed E-state index contributed by atoms with van der Waals surface area (Å²) in [6, 6.07) is 5.15. The number of carbonyl (C=O) groups excluding carboxylic acids is 3. The summed E-state index contributed by atoms with van der Waals surface area (Å²) < 4.78 is 8.65. The van der Waals surface area contributed by atoms with Crippen molar-refractivity contribution in [1.82, 2.24) is 24.3 Å². The monoisotopic (exact) mass is 497 g/mol. The smallest absolute Gasteiger partial charge is 0.410 e. The molecule has 2 aromatic rings. The molecule has 3 aliphatic rings. The second-order valence-electron chi connectivity index (χ2n) is 11.6. The molecular formula is C26H35N5O5. The highest BCUT2D eigenvalue weighted by Crippen LogP contribution is 2.41. The minimum absolute atomic E-state index is 0.168. The molecule has 1 aromatic heterocycles. The number of hydrogen-bond acceptors (Lipinski definition) is 6. The number of para-hydroxylation sites is 1. The van der Waals surface area contributed by atoms with E-state index in [0.29, 0.717) is 13.0 Å². The van der Waals surface area contributed by atoms with Crippen LogP contribution < -0.4 is 11.0 Å². The molecule has 3 amide bonds. The number of likely N-dealkylation sites (tertiary alicyclic amines) is 2. The number of imide groups is 1. The third kappa shape index (κ3) is 4.42. The number of ether oxygens (including phenoxy) is 1. The molecule has 10 nitrogen and oxygen atoms in total. The Kier molecular flexibility index (Phi) is 5.97. The Morgan fingerprint density at radius 2 is 1.83 bits per heavy atom. The van der Waals surface area contributed by atoms with E-state index in [0.717, 1.165) is 55.6 Å². The summed E-state index contributed by atoms with van der Waals surface area (Å²) in [6.45, 7) is 9.68. The van der Waals surface area contributed by atoms with Gasteiger partial charge in [-0.1, -0.05) is 12.1 Å². The molecule has 1 spiro atoms. The largest absolute Gasteiger partial charge is 0.444 e. The van der Waals surface area contributed by atoms with E-state index in [4.69, 9.17) is 4.74 Å². The number of aryl methyl sites for hydroxylation is 1. The van der Waals surface area contributed by atoms with E-state index in [-0.39, 0.29) is 29.5 Å². The summed E-state index contributed by atoms with van der Waals surface area (Å²) in [5.41, 5.74) is 2.02. The summed E-state index contributed by atoms with van der Waals surface area (Å²) in [6.07, 6.45) is 2.34. The van der Waals surface area contributed by atoms with Gasteiger partial charge in [0.15, 0.2) is 0 Å². The van der Waals surface area contributed by atoms with Gasteiger partial charge in [0, 0.05) is 38.5 Å². The van der Waals surface area contributed by atoms with Crippen molar-refractivity contribution in [3.8, 4) is 0 Å². The van der Waals surface area contributed by atoms with Gasteiger partial charge in [0.05, 0.1) is 11.0 Å². The number of aromatic nitrogens is 2. The van der Waals surface area contributed by atoms with Gasteiger partial charge < -0.3 is 9.64 Å². The Labute approximate surface area is 210 Å². The van der Waals surface area contributed by atoms with E-state index in [1.165, 1.54) is 4.57 Å². The minimum Gasteiger partial charge on any atom is -0.444 e. The van der Waals surface area contributed by atoms with Crippen LogP contribution in [0.4, 0.5) is 4.79 Å². The van der Waals surface area contributed by atoms with Crippen LogP contribution in [0.2, 0.25) is 0 Å². The normalized spacial score (nSPS) is 22.6. The van der Waals surface area contributed by atoms with Crippen LogP contribution in [0.1, 0.15) is 58.1 Å². The first kappa shape index (κ1) is 24.5. The second kappa shape index (κ2) is 8.76. The van der Waals surface area contributed by atoms with Gasteiger partial charge in [-0.25, -0.2) is 9.59 Å². The van der Waals surface area contributed by atoms with E-state index in [2.05, 4.69) is 10.2 Å².